The molecule has 1 unspecified atom stereocenters. The standard InChI is InChI=1S/C22H23FN4O/c1-16-13-18(4-5-20(16)23)22(28)27-11-2-3-19(15-27)21-25-10-12-26(21)14-17-6-8-24-9-7-17/h4-10,12-13,19H,2-3,11,14-15H2,1H3. The van der Waals surface area contributed by atoms with E-state index in [1.165, 1.54) is 11.6 Å². The maximum Gasteiger partial charge on any atom is 0.253 e. The predicted molar refractivity (Wildman–Crippen MR) is 105 cm³/mol. The third-order valence-corrected chi connectivity index (χ3v) is 5.33. The number of carbonyl (C=O) groups excluding carboxylic acids is 1. The number of rotatable bonds is 4. The summed E-state index contributed by atoms with van der Waals surface area (Å²) < 4.78 is 15.7. The minimum atomic E-state index is -0.286. The number of aryl methyl sites for hydroxylation is 1. The Morgan fingerprint density at radius 1 is 1.21 bits per heavy atom. The summed E-state index contributed by atoms with van der Waals surface area (Å²) in [6.07, 6.45) is 9.31. The van der Waals surface area contributed by atoms with Gasteiger partial charge in [-0.15, -0.1) is 0 Å². The molecular formula is C22H23FN4O. The molecule has 0 radical (unpaired) electrons. The van der Waals surface area contributed by atoms with Gasteiger partial charge >= 0.3 is 0 Å². The zero-order valence-corrected chi connectivity index (χ0v) is 15.9. The first-order chi connectivity index (χ1) is 13.6. The first kappa shape index (κ1) is 18.3. The highest BCUT2D eigenvalue weighted by atomic mass is 19.1. The Kier molecular flexibility index (Phi) is 5.19. The summed E-state index contributed by atoms with van der Waals surface area (Å²) in [6, 6.07) is 8.56. The van der Waals surface area contributed by atoms with Crippen LogP contribution in [0, 0.1) is 12.7 Å². The van der Waals surface area contributed by atoms with Crippen molar-refractivity contribution in [1.82, 2.24) is 19.4 Å². The van der Waals surface area contributed by atoms with Gasteiger partial charge < -0.3 is 9.47 Å². The summed E-state index contributed by atoms with van der Waals surface area (Å²) >= 11 is 0. The summed E-state index contributed by atoms with van der Waals surface area (Å²) in [7, 11) is 0. The van der Waals surface area contributed by atoms with Gasteiger partial charge in [-0.3, -0.25) is 9.78 Å². The van der Waals surface area contributed by atoms with Gasteiger partial charge in [0.1, 0.15) is 11.6 Å². The minimum Gasteiger partial charge on any atom is -0.338 e. The Morgan fingerprint density at radius 2 is 2.04 bits per heavy atom. The second-order valence-electron chi connectivity index (χ2n) is 7.32. The largest absolute Gasteiger partial charge is 0.338 e. The lowest BCUT2D eigenvalue weighted by Crippen LogP contribution is -2.39. The van der Waals surface area contributed by atoms with Crippen molar-refractivity contribution in [3.05, 3.63) is 83.5 Å². The Bertz CT molecular complexity index is 970. The van der Waals surface area contributed by atoms with E-state index in [-0.39, 0.29) is 17.6 Å². The van der Waals surface area contributed by atoms with Crippen LogP contribution >= 0.6 is 0 Å². The van der Waals surface area contributed by atoms with Crippen molar-refractivity contribution in [3.8, 4) is 0 Å². The summed E-state index contributed by atoms with van der Waals surface area (Å²) in [5.74, 6) is 0.868. The number of nitrogens with zero attached hydrogens (tertiary/aromatic N) is 4. The molecule has 3 aromatic rings. The maximum atomic E-state index is 13.5. The molecule has 1 amide bonds. The molecular weight excluding hydrogens is 355 g/mol. The van der Waals surface area contributed by atoms with Gasteiger partial charge in [-0.05, 0) is 61.2 Å². The fourth-order valence-corrected chi connectivity index (χ4v) is 3.83. The minimum absolute atomic E-state index is 0.0416. The van der Waals surface area contributed by atoms with Crippen LogP contribution in [0.4, 0.5) is 4.39 Å². The topological polar surface area (TPSA) is 51.0 Å². The van der Waals surface area contributed by atoms with Crippen LogP contribution in [-0.2, 0) is 6.54 Å². The van der Waals surface area contributed by atoms with E-state index in [0.717, 1.165) is 31.8 Å². The number of hydrogen-bond acceptors (Lipinski definition) is 3. The van der Waals surface area contributed by atoms with E-state index in [4.69, 9.17) is 0 Å². The molecule has 144 valence electrons. The van der Waals surface area contributed by atoms with E-state index >= 15 is 0 Å². The van der Waals surface area contributed by atoms with Crippen LogP contribution in [-0.4, -0.2) is 38.4 Å². The average Bonchev–Trinajstić information content (AvgIpc) is 3.18. The van der Waals surface area contributed by atoms with Crippen molar-refractivity contribution in [3.63, 3.8) is 0 Å². The van der Waals surface area contributed by atoms with Gasteiger partial charge in [0.2, 0.25) is 0 Å². The Balaban J connectivity index is 1.51. The number of hydrogen-bond donors (Lipinski definition) is 0. The number of piperidine rings is 1. The molecule has 4 rings (SSSR count). The number of carbonyl (C=O) groups is 1. The van der Waals surface area contributed by atoms with Crippen molar-refractivity contribution in [2.75, 3.05) is 13.1 Å². The third kappa shape index (κ3) is 3.81. The van der Waals surface area contributed by atoms with Crippen LogP contribution in [0.1, 0.15) is 46.1 Å². The molecule has 1 aliphatic heterocycles. The highest BCUT2D eigenvalue weighted by molar-refractivity contribution is 5.94. The van der Waals surface area contributed by atoms with E-state index in [2.05, 4.69) is 14.5 Å². The smallest absolute Gasteiger partial charge is 0.253 e. The van der Waals surface area contributed by atoms with Crippen molar-refractivity contribution in [2.45, 2.75) is 32.2 Å². The molecule has 0 aliphatic carbocycles. The highest BCUT2D eigenvalue weighted by Crippen LogP contribution is 2.27. The SMILES string of the molecule is Cc1cc(C(=O)N2CCCC(c3nccn3Cc3ccncc3)C2)ccc1F. The third-order valence-electron chi connectivity index (χ3n) is 5.33. The van der Waals surface area contributed by atoms with Gasteiger partial charge in [-0.25, -0.2) is 9.37 Å². The zero-order chi connectivity index (χ0) is 19.5. The Morgan fingerprint density at radius 3 is 2.82 bits per heavy atom. The molecule has 1 atom stereocenters. The predicted octanol–water partition coefficient (Wildman–Crippen LogP) is 3.79. The molecule has 28 heavy (non-hydrogen) atoms. The van der Waals surface area contributed by atoms with E-state index in [1.807, 2.05) is 29.4 Å². The Hall–Kier alpha value is -3.02. The number of pyridine rings is 1. The summed E-state index contributed by atoms with van der Waals surface area (Å²) in [4.78, 5) is 23.4. The molecule has 0 saturated carbocycles. The van der Waals surface area contributed by atoms with Gasteiger partial charge in [0.15, 0.2) is 0 Å². The fraction of sp³-hybridized carbons (Fsp3) is 0.318. The highest BCUT2D eigenvalue weighted by Gasteiger charge is 2.28. The molecule has 0 spiro atoms. The number of imidazole rings is 1. The molecule has 3 heterocycles. The van der Waals surface area contributed by atoms with Crippen molar-refractivity contribution in [2.24, 2.45) is 0 Å². The number of halogens is 1. The molecule has 6 heteroatoms. The normalized spacial score (nSPS) is 16.9. The lowest BCUT2D eigenvalue weighted by Gasteiger charge is -2.33. The van der Waals surface area contributed by atoms with E-state index in [1.54, 1.807) is 31.5 Å². The average molecular weight is 378 g/mol. The molecule has 0 bridgehead atoms. The van der Waals surface area contributed by atoms with Crippen molar-refractivity contribution < 1.29 is 9.18 Å². The lowest BCUT2D eigenvalue weighted by atomic mass is 9.96. The lowest BCUT2D eigenvalue weighted by molar-refractivity contribution is 0.0703. The van der Waals surface area contributed by atoms with Crippen LogP contribution in [0.15, 0.2) is 55.1 Å². The van der Waals surface area contributed by atoms with Crippen LogP contribution < -0.4 is 0 Å². The molecule has 1 aromatic carbocycles. The van der Waals surface area contributed by atoms with Gasteiger partial charge in [-0.2, -0.15) is 0 Å². The van der Waals surface area contributed by atoms with Crippen LogP contribution in [0.3, 0.4) is 0 Å². The quantitative estimate of drug-likeness (QED) is 0.694. The Labute approximate surface area is 163 Å². The van der Waals surface area contributed by atoms with Crippen LogP contribution in [0.2, 0.25) is 0 Å². The zero-order valence-electron chi connectivity index (χ0n) is 15.9. The monoisotopic (exact) mass is 378 g/mol. The number of likely N-dealkylation sites (tertiary alicyclic amines) is 1. The summed E-state index contributed by atoms with van der Waals surface area (Å²) in [5, 5.41) is 0. The number of aromatic nitrogens is 3. The summed E-state index contributed by atoms with van der Waals surface area (Å²) in [5.41, 5.74) is 2.20. The number of benzene rings is 1. The fourth-order valence-electron chi connectivity index (χ4n) is 3.83. The van der Waals surface area contributed by atoms with Crippen molar-refractivity contribution in [1.29, 1.82) is 0 Å². The summed E-state index contributed by atoms with van der Waals surface area (Å²) in [6.45, 7) is 3.76. The number of amides is 1. The van der Waals surface area contributed by atoms with E-state index < -0.39 is 0 Å². The van der Waals surface area contributed by atoms with Gasteiger partial charge in [0.05, 0.1) is 0 Å². The van der Waals surface area contributed by atoms with Gasteiger partial charge in [0.25, 0.3) is 5.91 Å². The second kappa shape index (κ2) is 7.92. The van der Waals surface area contributed by atoms with Crippen LogP contribution in [0.5, 0.6) is 0 Å². The van der Waals surface area contributed by atoms with Crippen molar-refractivity contribution >= 4 is 5.91 Å². The van der Waals surface area contributed by atoms with Gasteiger partial charge in [0, 0.05) is 55.9 Å². The first-order valence-electron chi connectivity index (χ1n) is 9.57. The van der Waals surface area contributed by atoms with E-state index in [9.17, 15) is 9.18 Å². The molecule has 1 aliphatic rings. The van der Waals surface area contributed by atoms with Crippen LogP contribution in [0.25, 0.3) is 0 Å². The molecule has 0 N–H and O–H groups in total. The first-order valence-corrected chi connectivity index (χ1v) is 9.57. The molecule has 5 nitrogen and oxygen atoms in total. The molecule has 2 aromatic heterocycles. The second-order valence-corrected chi connectivity index (χ2v) is 7.32. The molecule has 1 fully saturated rings. The van der Waals surface area contributed by atoms with Gasteiger partial charge in [-0.1, -0.05) is 0 Å². The maximum absolute atomic E-state index is 13.5. The van der Waals surface area contributed by atoms with E-state index in [0.29, 0.717) is 17.7 Å². The molecule has 1 saturated heterocycles.